The van der Waals surface area contributed by atoms with E-state index in [1.165, 1.54) is 13.5 Å². The first-order chi connectivity index (χ1) is 22.8. The number of nitrogens with one attached hydrogen (secondary N) is 2. The van der Waals surface area contributed by atoms with Gasteiger partial charge in [0.2, 0.25) is 5.91 Å². The van der Waals surface area contributed by atoms with Crippen molar-refractivity contribution in [1.29, 1.82) is 0 Å². The van der Waals surface area contributed by atoms with Crippen LogP contribution in [-0.4, -0.2) is 59.7 Å². The third-order valence-corrected chi connectivity index (χ3v) is 11.0. The number of alkyl carbamates (subject to hydrolysis) is 1. The highest BCUT2D eigenvalue weighted by Crippen LogP contribution is 2.54. The average Bonchev–Trinajstić information content (AvgIpc) is 3.47. The molecular weight excluding hydrogens is 590 g/mol. The molecule has 8 heteroatoms. The molecule has 8 nitrogen and oxygen atoms in total. The second-order valence-electron chi connectivity index (χ2n) is 14.6. The molecule has 4 aliphatic rings. The third kappa shape index (κ3) is 8.02. The summed E-state index contributed by atoms with van der Waals surface area (Å²) in [7, 11) is 1.42. The lowest BCUT2D eigenvalue weighted by Gasteiger charge is -2.53. The second-order valence-corrected chi connectivity index (χ2v) is 14.6. The Kier molecular flexibility index (Phi) is 10.5. The fraction of sp³-hybridized carbons (Fsp3) is 0.564. The number of methoxy groups -OCH3 is 1. The monoisotopic (exact) mass is 641 g/mol. The van der Waals surface area contributed by atoms with Gasteiger partial charge in [-0.2, -0.15) is 0 Å². The number of aromatic nitrogens is 1. The van der Waals surface area contributed by atoms with Crippen LogP contribution in [0.4, 0.5) is 4.79 Å². The fourth-order valence-electron chi connectivity index (χ4n) is 8.88. The lowest BCUT2D eigenvalue weighted by Crippen LogP contribution is -2.60. The first-order valence-electron chi connectivity index (χ1n) is 17.7. The molecule has 0 saturated heterocycles. The van der Waals surface area contributed by atoms with Crippen LogP contribution >= 0.6 is 0 Å². The van der Waals surface area contributed by atoms with Gasteiger partial charge >= 0.3 is 12.1 Å². The van der Waals surface area contributed by atoms with Gasteiger partial charge in [0, 0.05) is 43.0 Å². The SMILES string of the molecule is COC(=O)CCCCCCN(CCc1ccccc1)C(=O)[C@](C)(Cc1c[nH]c2ccccc12)NC(=O)OC1C2CC3CC(C2)CC1C3. The molecule has 0 spiro atoms. The Morgan fingerprint density at radius 3 is 2.28 bits per heavy atom. The van der Waals surface area contributed by atoms with Crippen molar-refractivity contribution in [1.82, 2.24) is 15.2 Å². The van der Waals surface area contributed by atoms with Crippen molar-refractivity contribution in [2.45, 2.75) is 95.6 Å². The molecule has 7 rings (SSSR count). The van der Waals surface area contributed by atoms with Crippen molar-refractivity contribution in [3.05, 3.63) is 71.9 Å². The van der Waals surface area contributed by atoms with Gasteiger partial charge in [0.25, 0.3) is 0 Å². The number of benzene rings is 2. The quantitative estimate of drug-likeness (QED) is 0.135. The fourth-order valence-corrected chi connectivity index (χ4v) is 8.88. The Labute approximate surface area is 279 Å². The zero-order chi connectivity index (χ0) is 32.8. The maximum atomic E-state index is 14.8. The molecule has 4 fully saturated rings. The van der Waals surface area contributed by atoms with Crippen molar-refractivity contribution in [2.24, 2.45) is 23.7 Å². The van der Waals surface area contributed by atoms with E-state index in [1.54, 1.807) is 0 Å². The maximum absolute atomic E-state index is 14.8. The molecule has 4 saturated carbocycles. The number of hydrogen-bond donors (Lipinski definition) is 2. The second kappa shape index (κ2) is 15.0. The van der Waals surface area contributed by atoms with Crippen LogP contribution in [0.2, 0.25) is 0 Å². The largest absolute Gasteiger partial charge is 0.469 e. The number of nitrogens with zero attached hydrogens (tertiary/aromatic N) is 1. The van der Waals surface area contributed by atoms with Gasteiger partial charge in [-0.05, 0) is 99.2 Å². The van der Waals surface area contributed by atoms with Gasteiger partial charge in [0.15, 0.2) is 0 Å². The molecule has 2 N–H and O–H groups in total. The van der Waals surface area contributed by atoms with E-state index in [0.717, 1.165) is 91.7 Å². The summed E-state index contributed by atoms with van der Waals surface area (Å²) in [6, 6.07) is 18.3. The van der Waals surface area contributed by atoms with Crippen LogP contribution in [0.25, 0.3) is 10.9 Å². The predicted octanol–water partition coefficient (Wildman–Crippen LogP) is 7.21. The zero-order valence-corrected chi connectivity index (χ0v) is 28.0. The van der Waals surface area contributed by atoms with Crippen molar-refractivity contribution in [3.63, 3.8) is 0 Å². The lowest BCUT2D eigenvalue weighted by atomic mass is 9.55. The van der Waals surface area contributed by atoms with Crippen molar-refractivity contribution in [3.8, 4) is 0 Å². The van der Waals surface area contributed by atoms with E-state index in [-0.39, 0.29) is 18.0 Å². The first-order valence-corrected chi connectivity index (χ1v) is 17.7. The van der Waals surface area contributed by atoms with Crippen LogP contribution < -0.4 is 5.32 Å². The summed E-state index contributed by atoms with van der Waals surface area (Å²) in [6.07, 6.45) is 12.2. The van der Waals surface area contributed by atoms with Crippen LogP contribution in [-0.2, 0) is 31.9 Å². The van der Waals surface area contributed by atoms with Crippen LogP contribution in [0.1, 0.15) is 82.3 Å². The van der Waals surface area contributed by atoms with Crippen LogP contribution in [0.5, 0.6) is 0 Å². The Morgan fingerprint density at radius 1 is 0.872 bits per heavy atom. The van der Waals surface area contributed by atoms with Crippen LogP contribution in [0.15, 0.2) is 60.8 Å². The molecule has 1 heterocycles. The minimum atomic E-state index is -1.21. The number of para-hydroxylation sites is 1. The highest BCUT2D eigenvalue weighted by atomic mass is 16.6. The molecule has 1 atom stereocenters. The van der Waals surface area contributed by atoms with E-state index < -0.39 is 11.6 Å². The van der Waals surface area contributed by atoms with Gasteiger partial charge in [0.05, 0.1) is 7.11 Å². The van der Waals surface area contributed by atoms with Gasteiger partial charge in [-0.25, -0.2) is 4.79 Å². The van der Waals surface area contributed by atoms with Gasteiger partial charge in [-0.1, -0.05) is 61.4 Å². The summed E-state index contributed by atoms with van der Waals surface area (Å²) in [5, 5.41) is 4.19. The molecule has 1 aromatic heterocycles. The van der Waals surface area contributed by atoms with E-state index in [9.17, 15) is 14.4 Å². The molecule has 3 aromatic rings. The van der Waals surface area contributed by atoms with Crippen molar-refractivity contribution in [2.75, 3.05) is 20.2 Å². The van der Waals surface area contributed by atoms with E-state index >= 15 is 0 Å². The highest BCUT2D eigenvalue weighted by molar-refractivity contribution is 5.91. The number of amides is 2. The van der Waals surface area contributed by atoms with Crippen LogP contribution in [0.3, 0.4) is 0 Å². The number of aromatic amines is 1. The molecule has 2 amide bonds. The Balaban J connectivity index is 1.20. The molecule has 4 bridgehead atoms. The van der Waals surface area contributed by atoms with Crippen LogP contribution in [0, 0.1) is 23.7 Å². The third-order valence-electron chi connectivity index (χ3n) is 11.0. The van der Waals surface area contributed by atoms with E-state index in [0.29, 0.717) is 37.8 Å². The summed E-state index contributed by atoms with van der Waals surface area (Å²) in [4.78, 5) is 45.4. The molecule has 0 unspecified atom stereocenters. The smallest absolute Gasteiger partial charge is 0.408 e. The number of carbonyl (C=O) groups is 3. The van der Waals surface area contributed by atoms with Crippen molar-refractivity contribution < 1.29 is 23.9 Å². The summed E-state index contributed by atoms with van der Waals surface area (Å²) in [5.74, 6) is 2.16. The Bertz CT molecular complexity index is 1490. The number of carbonyl (C=O) groups excluding carboxylic acids is 3. The van der Waals surface area contributed by atoms with Gasteiger partial charge in [0.1, 0.15) is 11.6 Å². The highest BCUT2D eigenvalue weighted by Gasteiger charge is 2.50. The van der Waals surface area contributed by atoms with E-state index in [4.69, 9.17) is 9.47 Å². The Hall–Kier alpha value is -3.81. The topological polar surface area (TPSA) is 101 Å². The molecule has 47 heavy (non-hydrogen) atoms. The molecule has 0 aliphatic heterocycles. The lowest BCUT2D eigenvalue weighted by molar-refractivity contribution is -0.140. The van der Waals surface area contributed by atoms with Gasteiger partial charge in [-0.15, -0.1) is 0 Å². The maximum Gasteiger partial charge on any atom is 0.408 e. The number of rotatable bonds is 15. The predicted molar refractivity (Wildman–Crippen MR) is 183 cm³/mol. The molecule has 0 radical (unpaired) electrons. The van der Waals surface area contributed by atoms with E-state index in [2.05, 4.69) is 28.5 Å². The normalized spacial score (nSPS) is 24.1. The summed E-state index contributed by atoms with van der Waals surface area (Å²) in [6.45, 7) is 2.97. The standard InChI is InChI=1S/C39H51N3O5/c1-39(25-32-26-40-34-15-10-9-14-33(32)34,41-38(45)47-36-30-21-28-20-29(23-30)24-31(36)22-28)37(44)42(19-17-27-12-6-5-7-13-27)18-11-4-3-8-16-35(43)46-2/h5-7,9-10,12-15,26,28-31,36,40H,3-4,8,11,16-25H2,1-2H3,(H,41,45)/t28?,29?,30?,31?,36?,39-/m0/s1. The summed E-state index contributed by atoms with van der Waals surface area (Å²) < 4.78 is 11.1. The number of ether oxygens (including phenoxy) is 2. The molecule has 252 valence electrons. The van der Waals surface area contributed by atoms with Crippen molar-refractivity contribution >= 4 is 28.9 Å². The number of unbranched alkanes of at least 4 members (excludes halogenated alkanes) is 3. The number of fused-ring (bicyclic) bond motifs is 1. The number of H-pyrrole nitrogens is 1. The first kappa shape index (κ1) is 33.1. The minimum absolute atomic E-state index is 0.0607. The summed E-state index contributed by atoms with van der Waals surface area (Å²) in [5.41, 5.74) is 1.93. The van der Waals surface area contributed by atoms with Gasteiger partial charge in [-0.3, -0.25) is 9.59 Å². The summed E-state index contributed by atoms with van der Waals surface area (Å²) >= 11 is 0. The Morgan fingerprint density at radius 2 is 1.55 bits per heavy atom. The minimum Gasteiger partial charge on any atom is -0.469 e. The molecule has 4 aliphatic carbocycles. The molecule has 2 aromatic carbocycles. The number of hydrogen-bond acceptors (Lipinski definition) is 5. The van der Waals surface area contributed by atoms with E-state index in [1.807, 2.05) is 54.4 Å². The number of esters is 1. The van der Waals surface area contributed by atoms with Gasteiger partial charge < -0.3 is 24.7 Å². The molecular formula is C39H51N3O5. The zero-order valence-electron chi connectivity index (χ0n) is 28.0. The average molecular weight is 642 g/mol.